The summed E-state index contributed by atoms with van der Waals surface area (Å²) >= 11 is 0. The van der Waals surface area contributed by atoms with E-state index in [4.69, 9.17) is 18.5 Å². The number of methoxy groups -OCH3 is 1. The van der Waals surface area contributed by atoms with E-state index >= 15 is 0 Å². The van der Waals surface area contributed by atoms with E-state index in [0.717, 1.165) is 5.56 Å². The van der Waals surface area contributed by atoms with Crippen LogP contribution in [0.15, 0.2) is 103 Å². The molecule has 0 aliphatic carbocycles. The Hall–Kier alpha value is -3.38. The second-order valence-corrected chi connectivity index (χ2v) is 9.31. The molecule has 0 saturated carbocycles. The molecule has 1 unspecified atom stereocenters. The van der Waals surface area contributed by atoms with Crippen LogP contribution in [0.25, 0.3) is 0 Å². The number of para-hydroxylation sites is 2. The Morgan fingerprint density at radius 3 is 1.94 bits per heavy atom. The van der Waals surface area contributed by atoms with Crippen LogP contribution >= 0.6 is 7.75 Å². The van der Waals surface area contributed by atoms with Crippen molar-refractivity contribution < 1.29 is 27.9 Å². The summed E-state index contributed by atoms with van der Waals surface area (Å²) < 4.78 is 39.0. The smallest absolute Gasteiger partial charge is 0.468 e. The van der Waals surface area contributed by atoms with Crippen molar-refractivity contribution in [3.05, 3.63) is 109 Å². The molecular weight excluding hydrogens is 453 g/mol. The molecule has 0 fully saturated rings. The highest BCUT2D eigenvalue weighted by Gasteiger charge is 2.50. The molecule has 0 spiro atoms. The summed E-state index contributed by atoms with van der Waals surface area (Å²) in [7, 11) is -2.89. The highest BCUT2D eigenvalue weighted by atomic mass is 31.2. The summed E-state index contributed by atoms with van der Waals surface area (Å²) in [5, 5.41) is 0. The zero-order valence-corrected chi connectivity index (χ0v) is 19.6. The van der Waals surface area contributed by atoms with Crippen LogP contribution in [0.4, 0.5) is 0 Å². The van der Waals surface area contributed by atoms with Crippen molar-refractivity contribution in [2.45, 2.75) is 25.3 Å². The maximum Gasteiger partial charge on any atom is 0.518 e. The first kappa shape index (κ1) is 23.8. The van der Waals surface area contributed by atoms with Gasteiger partial charge in [-0.05, 0) is 42.3 Å². The summed E-state index contributed by atoms with van der Waals surface area (Å²) in [6.07, 6.45) is 2.95. The van der Waals surface area contributed by atoms with Gasteiger partial charge in [-0.2, -0.15) is 0 Å². The Balaban J connectivity index is 1.72. The van der Waals surface area contributed by atoms with E-state index in [1.165, 1.54) is 11.8 Å². The van der Waals surface area contributed by atoms with Gasteiger partial charge in [0.15, 0.2) is 0 Å². The molecule has 3 aromatic carbocycles. The zero-order valence-electron chi connectivity index (χ0n) is 18.7. The fourth-order valence-corrected chi connectivity index (χ4v) is 5.53. The van der Waals surface area contributed by atoms with Crippen molar-refractivity contribution in [3.63, 3.8) is 0 Å². The SMILES string of the molecule is COC(=O)[C@@H]1CC=CC(OCc2ccccc2)N1P(=O)(Oc1ccccc1)Oc1ccccc1. The van der Waals surface area contributed by atoms with Gasteiger partial charge in [0.25, 0.3) is 0 Å². The Morgan fingerprint density at radius 2 is 1.41 bits per heavy atom. The summed E-state index contributed by atoms with van der Waals surface area (Å²) in [5.41, 5.74) is 0.929. The van der Waals surface area contributed by atoms with Gasteiger partial charge in [0.1, 0.15) is 23.8 Å². The third-order valence-electron chi connectivity index (χ3n) is 5.19. The summed E-state index contributed by atoms with van der Waals surface area (Å²) in [5.74, 6) is 0.106. The minimum absolute atomic E-state index is 0.233. The van der Waals surface area contributed by atoms with Gasteiger partial charge in [-0.15, -0.1) is 4.67 Å². The summed E-state index contributed by atoms with van der Waals surface area (Å²) in [6, 6.07) is 26.0. The van der Waals surface area contributed by atoms with Crippen molar-refractivity contribution in [1.82, 2.24) is 4.67 Å². The zero-order chi connectivity index (χ0) is 23.8. The van der Waals surface area contributed by atoms with Crippen LogP contribution < -0.4 is 9.05 Å². The molecule has 0 saturated heterocycles. The number of ether oxygens (including phenoxy) is 2. The van der Waals surface area contributed by atoms with Crippen LogP contribution in [0.5, 0.6) is 11.5 Å². The minimum atomic E-state index is -4.18. The van der Waals surface area contributed by atoms with Gasteiger partial charge in [-0.3, -0.25) is 4.79 Å². The number of carbonyl (C=O) groups excluding carboxylic acids is 1. The van der Waals surface area contributed by atoms with Crippen molar-refractivity contribution in [3.8, 4) is 11.5 Å². The topological polar surface area (TPSA) is 74.3 Å². The molecular formula is C26H26NO6P. The summed E-state index contributed by atoms with van der Waals surface area (Å²) in [6.45, 7) is 0.233. The molecule has 176 valence electrons. The molecule has 0 N–H and O–H groups in total. The number of esters is 1. The minimum Gasteiger partial charge on any atom is -0.468 e. The third kappa shape index (κ3) is 5.75. The fraction of sp³-hybridized carbons (Fsp3) is 0.192. The van der Waals surface area contributed by atoms with Gasteiger partial charge in [0.2, 0.25) is 0 Å². The average Bonchev–Trinajstić information content (AvgIpc) is 2.88. The van der Waals surface area contributed by atoms with Crippen molar-refractivity contribution >= 4 is 13.7 Å². The van der Waals surface area contributed by atoms with E-state index in [0.29, 0.717) is 11.5 Å². The molecule has 3 aromatic rings. The Bertz CT molecular complexity index is 1090. The second-order valence-electron chi connectivity index (χ2n) is 7.55. The number of benzene rings is 3. The lowest BCUT2D eigenvalue weighted by molar-refractivity contribution is -0.149. The molecule has 8 heteroatoms. The molecule has 1 heterocycles. The van der Waals surface area contributed by atoms with E-state index in [1.54, 1.807) is 54.6 Å². The molecule has 1 aliphatic heterocycles. The van der Waals surface area contributed by atoms with E-state index in [2.05, 4.69) is 0 Å². The fourth-order valence-electron chi connectivity index (χ4n) is 3.58. The molecule has 0 aromatic heterocycles. The van der Waals surface area contributed by atoms with Crippen molar-refractivity contribution in [2.24, 2.45) is 0 Å². The highest BCUT2D eigenvalue weighted by molar-refractivity contribution is 7.52. The monoisotopic (exact) mass is 479 g/mol. The molecule has 34 heavy (non-hydrogen) atoms. The van der Waals surface area contributed by atoms with Gasteiger partial charge in [0.05, 0.1) is 13.7 Å². The predicted octanol–water partition coefficient (Wildman–Crippen LogP) is 5.60. The number of carbonyl (C=O) groups is 1. The Morgan fingerprint density at radius 1 is 0.882 bits per heavy atom. The van der Waals surface area contributed by atoms with Crippen LogP contribution in [0, 0.1) is 0 Å². The lowest BCUT2D eigenvalue weighted by Gasteiger charge is -2.39. The number of nitrogens with zero attached hydrogens (tertiary/aromatic N) is 1. The lowest BCUT2D eigenvalue weighted by atomic mass is 10.1. The molecule has 4 rings (SSSR count). The predicted molar refractivity (Wildman–Crippen MR) is 128 cm³/mol. The normalized spacial score (nSPS) is 18.3. The molecule has 1 aliphatic rings. The van der Waals surface area contributed by atoms with E-state index in [-0.39, 0.29) is 13.0 Å². The van der Waals surface area contributed by atoms with Gasteiger partial charge in [-0.25, -0.2) is 4.57 Å². The third-order valence-corrected chi connectivity index (χ3v) is 7.14. The van der Waals surface area contributed by atoms with E-state index in [9.17, 15) is 9.36 Å². The maximum atomic E-state index is 14.5. The van der Waals surface area contributed by atoms with Crippen LogP contribution in [0.2, 0.25) is 0 Å². The van der Waals surface area contributed by atoms with Crippen LogP contribution in [0.1, 0.15) is 12.0 Å². The quantitative estimate of drug-likeness (QED) is 0.225. The van der Waals surface area contributed by atoms with Crippen molar-refractivity contribution in [2.75, 3.05) is 7.11 Å². The van der Waals surface area contributed by atoms with E-state index < -0.39 is 26.0 Å². The number of hydrogen-bond acceptors (Lipinski definition) is 6. The molecule has 2 atom stereocenters. The van der Waals surface area contributed by atoms with E-state index in [1.807, 2.05) is 48.5 Å². The molecule has 7 nitrogen and oxygen atoms in total. The number of hydrogen-bond donors (Lipinski definition) is 0. The van der Waals surface area contributed by atoms with Gasteiger partial charge >= 0.3 is 13.7 Å². The van der Waals surface area contributed by atoms with Crippen LogP contribution in [0.3, 0.4) is 0 Å². The first-order valence-corrected chi connectivity index (χ1v) is 12.4. The second kappa shape index (κ2) is 11.2. The summed E-state index contributed by atoms with van der Waals surface area (Å²) in [4.78, 5) is 12.8. The van der Waals surface area contributed by atoms with Gasteiger partial charge < -0.3 is 18.5 Å². The lowest BCUT2D eigenvalue weighted by Crippen LogP contribution is -2.49. The standard InChI is InChI=1S/C26H26NO6P/c1-30-26(28)24-18-11-19-25(31-20-21-12-5-2-6-13-21)27(24)34(29,32-22-14-7-3-8-15-22)33-23-16-9-4-10-17-23/h2-17,19,24-25H,18,20H2,1H3/t24-,25?/m0/s1. The first-order valence-electron chi connectivity index (χ1n) is 10.9. The van der Waals surface area contributed by atoms with Crippen LogP contribution in [-0.4, -0.2) is 30.0 Å². The van der Waals surface area contributed by atoms with Crippen molar-refractivity contribution in [1.29, 1.82) is 0 Å². The van der Waals surface area contributed by atoms with Crippen LogP contribution in [-0.2, 0) is 25.4 Å². The van der Waals surface area contributed by atoms with Gasteiger partial charge in [-0.1, -0.05) is 72.8 Å². The largest absolute Gasteiger partial charge is 0.518 e. The molecule has 0 radical (unpaired) electrons. The van der Waals surface area contributed by atoms with Gasteiger partial charge in [0, 0.05) is 0 Å². The maximum absolute atomic E-state index is 14.5. The molecule has 0 bridgehead atoms. The Labute approximate surface area is 199 Å². The number of rotatable bonds is 9. The average molecular weight is 479 g/mol. The highest BCUT2D eigenvalue weighted by Crippen LogP contribution is 2.55. The first-order chi connectivity index (χ1) is 16.6. The Kier molecular flexibility index (Phi) is 7.80. The molecule has 0 amide bonds.